The molecule has 2 unspecified atom stereocenters. The fraction of sp³-hybridized carbons (Fsp3) is 0.920. The van der Waals surface area contributed by atoms with Crippen LogP contribution in [0.3, 0.4) is 0 Å². The Morgan fingerprint density at radius 1 is 1.18 bits per heavy atom. The van der Waals surface area contributed by atoms with Crippen LogP contribution in [0.2, 0.25) is 0 Å². The monoisotopic (exact) mass is 515 g/mol. The molecule has 210 valence electrons. The largest absolute Gasteiger partial charge is 0.412 e. The zero-order valence-corrected chi connectivity index (χ0v) is 22.7. The van der Waals surface area contributed by atoms with Crippen LogP contribution in [-0.4, -0.2) is 83.8 Å². The van der Waals surface area contributed by atoms with Crippen molar-refractivity contribution in [2.24, 2.45) is 17.3 Å². The lowest BCUT2D eigenvalue weighted by molar-refractivity contribution is 0.0588. The van der Waals surface area contributed by atoms with E-state index in [-0.39, 0.29) is 34.9 Å². The van der Waals surface area contributed by atoms with Crippen molar-refractivity contribution in [2.45, 2.75) is 91.6 Å². The molecule has 10 N–H and O–H groups in total. The number of hydrogen-bond donors (Lipinski definition) is 2. The first kappa shape index (κ1) is 40.9. The Labute approximate surface area is 214 Å². The van der Waals surface area contributed by atoms with Gasteiger partial charge in [0.05, 0.1) is 6.61 Å². The number of piperidine rings is 1. The molecule has 0 spiro atoms. The molecule has 34 heavy (non-hydrogen) atoms. The highest BCUT2D eigenvalue weighted by atomic mass is 35.5. The van der Waals surface area contributed by atoms with Gasteiger partial charge in [0.1, 0.15) is 0 Å². The van der Waals surface area contributed by atoms with Crippen molar-refractivity contribution in [3.63, 3.8) is 0 Å². The quantitative estimate of drug-likeness (QED) is 0.258. The minimum Gasteiger partial charge on any atom is -0.412 e. The second-order valence-corrected chi connectivity index (χ2v) is 11.6. The molecule has 0 aromatic carbocycles. The summed E-state index contributed by atoms with van der Waals surface area (Å²) >= 11 is 6.32. The summed E-state index contributed by atoms with van der Waals surface area (Å²) in [4.78, 5) is 2.68. The molecule has 0 aromatic heterocycles. The lowest BCUT2D eigenvalue weighted by Crippen LogP contribution is -2.55. The van der Waals surface area contributed by atoms with E-state index in [2.05, 4.69) is 63.2 Å². The first-order chi connectivity index (χ1) is 13.5. The van der Waals surface area contributed by atoms with Gasteiger partial charge in [-0.15, -0.1) is 11.6 Å². The molecule has 1 heterocycles. The predicted octanol–water partition coefficient (Wildman–Crippen LogP) is 1.98. The maximum absolute atomic E-state index is 6.32. The third kappa shape index (κ3) is 12.6. The summed E-state index contributed by atoms with van der Waals surface area (Å²) in [6.07, 6.45) is 7.13. The van der Waals surface area contributed by atoms with E-state index in [4.69, 9.17) is 16.3 Å². The van der Waals surface area contributed by atoms with Crippen molar-refractivity contribution in [3.8, 4) is 0 Å². The average Bonchev–Trinajstić information content (AvgIpc) is 2.61. The number of nitrogens with one attached hydrogen (secondary N) is 2. The third-order valence-corrected chi connectivity index (χ3v) is 7.23. The molecule has 1 aliphatic heterocycles. The van der Waals surface area contributed by atoms with Crippen LogP contribution in [0.5, 0.6) is 0 Å². The molecular formula is C25H58ClN3O5. The zero-order valence-electron chi connectivity index (χ0n) is 22.0. The summed E-state index contributed by atoms with van der Waals surface area (Å²) in [6, 6.07) is 0.485. The fourth-order valence-corrected chi connectivity index (χ4v) is 5.27. The molecule has 1 aliphatic carbocycles. The maximum atomic E-state index is 6.32. The van der Waals surface area contributed by atoms with E-state index in [1.54, 1.807) is 12.7 Å². The molecule has 0 saturated carbocycles. The van der Waals surface area contributed by atoms with Crippen LogP contribution < -0.4 is 10.6 Å². The summed E-state index contributed by atoms with van der Waals surface area (Å²) < 4.78 is 5.31. The lowest BCUT2D eigenvalue weighted by atomic mass is 9.68. The van der Waals surface area contributed by atoms with E-state index in [9.17, 15) is 0 Å². The van der Waals surface area contributed by atoms with Crippen molar-refractivity contribution in [1.82, 2.24) is 15.5 Å². The molecule has 8 nitrogen and oxygen atoms in total. The van der Waals surface area contributed by atoms with Gasteiger partial charge in [-0.2, -0.15) is 0 Å². The number of methoxy groups -OCH3 is 1. The van der Waals surface area contributed by atoms with Crippen molar-refractivity contribution >= 4 is 11.6 Å². The Morgan fingerprint density at radius 2 is 1.79 bits per heavy atom. The smallest absolute Gasteiger partial charge is 0.0639 e. The average molecular weight is 516 g/mol. The molecular weight excluding hydrogens is 458 g/mol. The van der Waals surface area contributed by atoms with Crippen LogP contribution in [0.25, 0.3) is 0 Å². The summed E-state index contributed by atoms with van der Waals surface area (Å²) in [5, 5.41) is 7.68. The van der Waals surface area contributed by atoms with Gasteiger partial charge in [-0.3, -0.25) is 5.32 Å². The van der Waals surface area contributed by atoms with Crippen molar-refractivity contribution in [3.05, 3.63) is 11.6 Å². The van der Waals surface area contributed by atoms with Gasteiger partial charge in [-0.1, -0.05) is 46.8 Å². The summed E-state index contributed by atoms with van der Waals surface area (Å²) in [5.41, 5.74) is 1.98. The van der Waals surface area contributed by atoms with Gasteiger partial charge in [0.2, 0.25) is 0 Å². The Morgan fingerprint density at radius 3 is 2.26 bits per heavy atom. The molecule has 1 saturated heterocycles. The van der Waals surface area contributed by atoms with Crippen LogP contribution in [0.4, 0.5) is 0 Å². The molecule has 3 atom stereocenters. The first-order valence-corrected chi connectivity index (χ1v) is 12.0. The second-order valence-electron chi connectivity index (χ2n) is 10.9. The van der Waals surface area contributed by atoms with E-state index in [0.29, 0.717) is 35.3 Å². The summed E-state index contributed by atoms with van der Waals surface area (Å²) in [7, 11) is 1.76. The molecule has 0 aromatic rings. The maximum Gasteiger partial charge on any atom is 0.0639 e. The summed E-state index contributed by atoms with van der Waals surface area (Å²) in [6.45, 7) is 18.9. The number of allylic oxidation sites excluding steroid dienone is 2. The Bertz CT molecular complexity index is 547. The topological polar surface area (TPSA) is 163 Å². The van der Waals surface area contributed by atoms with E-state index >= 15 is 0 Å². The molecule has 1 fully saturated rings. The highest BCUT2D eigenvalue weighted by Gasteiger charge is 2.38. The predicted molar refractivity (Wildman–Crippen MR) is 147 cm³/mol. The SMILES string of the molecule is C.COCC(C)(C)NCN[C@@H](CN1CCC(C2=CCC(Cl)CC2)C(C)(C)C1)C(C)C.O.O.O.O. The van der Waals surface area contributed by atoms with Crippen LogP contribution in [0, 0.1) is 17.3 Å². The van der Waals surface area contributed by atoms with Crippen LogP contribution >= 0.6 is 11.6 Å². The van der Waals surface area contributed by atoms with Gasteiger partial charge < -0.3 is 36.9 Å². The molecule has 9 heteroatoms. The highest BCUT2D eigenvalue weighted by molar-refractivity contribution is 6.20. The van der Waals surface area contributed by atoms with Crippen LogP contribution in [0.1, 0.15) is 74.7 Å². The first-order valence-electron chi connectivity index (χ1n) is 11.6. The molecule has 0 bridgehead atoms. The van der Waals surface area contributed by atoms with Crippen molar-refractivity contribution in [2.75, 3.05) is 40.0 Å². The van der Waals surface area contributed by atoms with Crippen LogP contribution in [0.15, 0.2) is 11.6 Å². The van der Waals surface area contributed by atoms with Crippen molar-refractivity contribution < 1.29 is 26.6 Å². The number of nitrogens with zero attached hydrogens (tertiary/aromatic N) is 1. The number of alkyl halides is 1. The fourth-order valence-electron chi connectivity index (χ4n) is 5.07. The number of ether oxygens (including phenoxy) is 1. The minimum atomic E-state index is -0.0145. The number of rotatable bonds is 10. The van der Waals surface area contributed by atoms with E-state index < -0.39 is 0 Å². The molecule has 0 amide bonds. The summed E-state index contributed by atoms with van der Waals surface area (Å²) in [5.74, 6) is 1.31. The van der Waals surface area contributed by atoms with E-state index in [1.807, 2.05) is 0 Å². The highest BCUT2D eigenvalue weighted by Crippen LogP contribution is 2.43. The number of halogens is 1. The minimum absolute atomic E-state index is 0. The van der Waals surface area contributed by atoms with Crippen molar-refractivity contribution in [1.29, 1.82) is 0 Å². The molecule has 2 rings (SSSR count). The molecule has 0 radical (unpaired) electrons. The van der Waals surface area contributed by atoms with Crippen LogP contribution in [-0.2, 0) is 4.74 Å². The van der Waals surface area contributed by atoms with Gasteiger partial charge in [0.25, 0.3) is 0 Å². The zero-order chi connectivity index (χ0) is 21.7. The van der Waals surface area contributed by atoms with E-state index in [1.165, 1.54) is 25.9 Å². The second kappa shape index (κ2) is 18.0. The van der Waals surface area contributed by atoms with Gasteiger partial charge in [-0.25, -0.2) is 0 Å². The third-order valence-electron chi connectivity index (χ3n) is 6.83. The van der Waals surface area contributed by atoms with Gasteiger partial charge in [0, 0.05) is 43.8 Å². The lowest BCUT2D eigenvalue weighted by Gasteiger charge is -2.47. The Hall–Kier alpha value is -0.290. The molecule has 2 aliphatic rings. The number of likely N-dealkylation sites (tertiary alicyclic amines) is 1. The number of hydrogen-bond acceptors (Lipinski definition) is 4. The Balaban J connectivity index is -0.000000900. The van der Waals surface area contributed by atoms with E-state index in [0.717, 1.165) is 26.1 Å². The van der Waals surface area contributed by atoms with Gasteiger partial charge >= 0.3 is 0 Å². The normalized spacial score (nSPS) is 23.1. The standard InChI is InChI=1S/C24H46ClN3O.CH4.4H2O/c1-18(2)22(26-17-27-24(5,6)16-29-7)14-28-13-12-21(23(3,4)15-28)19-8-10-20(25)11-9-19;;;;;/h8,18,20-22,26-27H,9-17H2,1-7H3;1H4;4*1H2/t20?,21?,22-;;;;;/m0...../s1. The van der Waals surface area contributed by atoms with Gasteiger partial charge in [-0.05, 0) is 63.3 Å². The van der Waals surface area contributed by atoms with Gasteiger partial charge in [0.15, 0.2) is 0 Å². The Kier molecular flexibility index (Phi) is 21.7.